The van der Waals surface area contributed by atoms with E-state index in [-0.39, 0.29) is 0 Å². The van der Waals surface area contributed by atoms with Gasteiger partial charge in [0.05, 0.1) is 6.21 Å². The maximum absolute atomic E-state index is 13.2. The van der Waals surface area contributed by atoms with E-state index in [1.54, 1.807) is 13.0 Å². The second-order valence-corrected chi connectivity index (χ2v) is 6.16. The molecule has 1 N–H and O–H groups in total. The second kappa shape index (κ2) is 6.84. The number of benzene rings is 2. The fraction of sp³-hybridized carbons (Fsp3) is 0.211. The van der Waals surface area contributed by atoms with Crippen LogP contribution >= 0.6 is 0 Å². The Kier molecular flexibility index (Phi) is 4.61. The first-order chi connectivity index (χ1) is 12.0. The molecule has 5 nitrogen and oxygen atoms in total. The van der Waals surface area contributed by atoms with E-state index in [1.807, 2.05) is 30.3 Å². The molecular weight excluding hydrogens is 321 g/mol. The zero-order valence-corrected chi connectivity index (χ0v) is 13.8. The Morgan fingerprint density at radius 3 is 2.64 bits per heavy atom. The van der Waals surface area contributed by atoms with Gasteiger partial charge in [0.25, 0.3) is 5.91 Å². The summed E-state index contributed by atoms with van der Waals surface area (Å²) in [5.74, 6) is -0.824. The third kappa shape index (κ3) is 3.74. The second-order valence-electron chi connectivity index (χ2n) is 6.16. The van der Waals surface area contributed by atoms with Crippen molar-refractivity contribution in [2.75, 3.05) is 0 Å². The Morgan fingerprint density at radius 1 is 1.16 bits per heavy atom. The smallest absolute Gasteiger partial charge is 0.322 e. The number of rotatable bonds is 5. The van der Waals surface area contributed by atoms with Crippen molar-refractivity contribution in [2.45, 2.75) is 25.3 Å². The van der Waals surface area contributed by atoms with Gasteiger partial charge in [-0.05, 0) is 43.0 Å². The molecular formula is C19H18FN3O2. The Morgan fingerprint density at radius 2 is 1.92 bits per heavy atom. The zero-order valence-electron chi connectivity index (χ0n) is 13.8. The average Bonchev–Trinajstić information content (AvgIpc) is 2.82. The summed E-state index contributed by atoms with van der Waals surface area (Å²) in [5, 5.41) is 7.43. The van der Waals surface area contributed by atoms with Crippen molar-refractivity contribution in [3.63, 3.8) is 0 Å². The lowest BCUT2D eigenvalue weighted by Gasteiger charge is -2.20. The molecule has 0 saturated carbocycles. The molecule has 2 aromatic carbocycles. The van der Waals surface area contributed by atoms with E-state index in [1.165, 1.54) is 24.4 Å². The highest BCUT2D eigenvalue weighted by Gasteiger charge is 2.47. The van der Waals surface area contributed by atoms with Crippen LogP contribution in [0.4, 0.5) is 9.18 Å². The van der Waals surface area contributed by atoms with Crippen LogP contribution in [0.2, 0.25) is 0 Å². The summed E-state index contributed by atoms with van der Waals surface area (Å²) in [6.07, 6.45) is 2.42. The van der Waals surface area contributed by atoms with Crippen molar-refractivity contribution in [3.05, 3.63) is 71.5 Å². The number of amides is 3. The lowest BCUT2D eigenvalue weighted by Crippen LogP contribution is -2.44. The van der Waals surface area contributed by atoms with Crippen LogP contribution in [-0.2, 0) is 11.2 Å². The minimum atomic E-state index is -1.01. The molecule has 1 heterocycles. The van der Waals surface area contributed by atoms with Crippen LogP contribution in [0.3, 0.4) is 0 Å². The maximum atomic E-state index is 13.2. The molecule has 2 aromatic rings. The molecule has 1 atom stereocenters. The summed E-state index contributed by atoms with van der Waals surface area (Å²) in [4.78, 5) is 24.7. The number of imide groups is 1. The first-order valence-electron chi connectivity index (χ1n) is 7.98. The molecule has 3 amide bonds. The summed E-state index contributed by atoms with van der Waals surface area (Å²) < 4.78 is 13.2. The van der Waals surface area contributed by atoms with Crippen molar-refractivity contribution in [1.82, 2.24) is 10.3 Å². The SMILES string of the molecule is C[C@@]1(CCc2ccccc2)NC(=O)N(/N=C\c2cccc(F)c2)C1=O. The molecule has 128 valence electrons. The summed E-state index contributed by atoms with van der Waals surface area (Å²) in [6, 6.07) is 14.9. The number of hydrogen-bond donors (Lipinski definition) is 1. The van der Waals surface area contributed by atoms with Crippen molar-refractivity contribution in [2.24, 2.45) is 5.10 Å². The van der Waals surface area contributed by atoms with Crippen molar-refractivity contribution < 1.29 is 14.0 Å². The maximum Gasteiger partial charge on any atom is 0.346 e. The molecule has 1 aliphatic rings. The van der Waals surface area contributed by atoms with E-state index in [0.717, 1.165) is 10.6 Å². The van der Waals surface area contributed by atoms with Gasteiger partial charge in [-0.3, -0.25) is 4.79 Å². The fourth-order valence-electron chi connectivity index (χ4n) is 2.69. The number of carbonyl (C=O) groups excluding carboxylic acids is 2. The van der Waals surface area contributed by atoms with Crippen LogP contribution < -0.4 is 5.32 Å². The molecule has 0 bridgehead atoms. The highest BCUT2D eigenvalue weighted by Crippen LogP contribution is 2.23. The van der Waals surface area contributed by atoms with Crippen molar-refractivity contribution in [1.29, 1.82) is 0 Å². The number of nitrogens with one attached hydrogen (secondary N) is 1. The third-order valence-corrected chi connectivity index (χ3v) is 4.17. The number of hydrogen-bond acceptors (Lipinski definition) is 3. The van der Waals surface area contributed by atoms with Gasteiger partial charge in [-0.2, -0.15) is 5.10 Å². The molecule has 0 unspecified atom stereocenters. The molecule has 3 rings (SSSR count). The summed E-state index contributed by atoms with van der Waals surface area (Å²) in [5.41, 5.74) is 0.553. The van der Waals surface area contributed by atoms with Crippen molar-refractivity contribution in [3.8, 4) is 0 Å². The van der Waals surface area contributed by atoms with E-state index in [4.69, 9.17) is 0 Å². The molecule has 1 aliphatic heterocycles. The molecule has 1 saturated heterocycles. The predicted molar refractivity (Wildman–Crippen MR) is 92.5 cm³/mol. The van der Waals surface area contributed by atoms with E-state index >= 15 is 0 Å². The lowest BCUT2D eigenvalue weighted by atomic mass is 9.93. The van der Waals surface area contributed by atoms with Gasteiger partial charge in [-0.15, -0.1) is 5.01 Å². The topological polar surface area (TPSA) is 61.8 Å². The number of halogens is 1. The average molecular weight is 339 g/mol. The van der Waals surface area contributed by atoms with E-state index in [2.05, 4.69) is 10.4 Å². The van der Waals surface area contributed by atoms with Gasteiger partial charge in [0.15, 0.2) is 0 Å². The third-order valence-electron chi connectivity index (χ3n) is 4.17. The monoisotopic (exact) mass is 339 g/mol. The van der Waals surface area contributed by atoms with Gasteiger partial charge in [-0.25, -0.2) is 9.18 Å². The fourth-order valence-corrected chi connectivity index (χ4v) is 2.69. The summed E-state index contributed by atoms with van der Waals surface area (Å²) in [7, 11) is 0. The van der Waals surface area contributed by atoms with Gasteiger partial charge in [-0.1, -0.05) is 42.5 Å². The number of carbonyl (C=O) groups is 2. The van der Waals surface area contributed by atoms with Crippen molar-refractivity contribution >= 4 is 18.2 Å². The Bertz CT molecular complexity index is 822. The predicted octanol–water partition coefficient (Wildman–Crippen LogP) is 3.10. The molecule has 0 radical (unpaired) electrons. The Hall–Kier alpha value is -3.02. The molecule has 1 fully saturated rings. The minimum absolute atomic E-state index is 0.408. The summed E-state index contributed by atoms with van der Waals surface area (Å²) in [6.45, 7) is 1.69. The number of nitrogens with zero attached hydrogens (tertiary/aromatic N) is 2. The van der Waals surface area contributed by atoms with Crippen LogP contribution in [0.15, 0.2) is 59.7 Å². The normalized spacial score (nSPS) is 20.3. The highest BCUT2D eigenvalue weighted by atomic mass is 19.1. The Labute approximate surface area is 145 Å². The molecule has 6 heteroatoms. The van der Waals surface area contributed by atoms with Gasteiger partial charge in [0.2, 0.25) is 0 Å². The minimum Gasteiger partial charge on any atom is -0.322 e. The van der Waals surface area contributed by atoms with Gasteiger partial charge in [0.1, 0.15) is 11.4 Å². The Balaban J connectivity index is 1.70. The summed E-state index contributed by atoms with van der Waals surface area (Å²) >= 11 is 0. The van der Waals surface area contributed by atoms with Crippen LogP contribution in [-0.4, -0.2) is 28.7 Å². The number of urea groups is 1. The molecule has 0 aromatic heterocycles. The molecule has 0 spiro atoms. The van der Waals surface area contributed by atoms with E-state index < -0.39 is 23.3 Å². The number of aryl methyl sites for hydroxylation is 1. The van der Waals surface area contributed by atoms with Gasteiger partial charge < -0.3 is 5.32 Å². The first kappa shape index (κ1) is 16.8. The van der Waals surface area contributed by atoms with Crippen LogP contribution in [0.5, 0.6) is 0 Å². The first-order valence-corrected chi connectivity index (χ1v) is 7.98. The van der Waals surface area contributed by atoms with Crippen LogP contribution in [0.1, 0.15) is 24.5 Å². The molecule has 25 heavy (non-hydrogen) atoms. The van der Waals surface area contributed by atoms with Gasteiger partial charge in [0, 0.05) is 0 Å². The molecule has 0 aliphatic carbocycles. The van der Waals surface area contributed by atoms with E-state index in [9.17, 15) is 14.0 Å². The van der Waals surface area contributed by atoms with E-state index in [0.29, 0.717) is 18.4 Å². The zero-order chi connectivity index (χ0) is 17.9. The standard InChI is InChI=1S/C19H18FN3O2/c1-19(11-10-14-6-3-2-4-7-14)17(24)23(18(25)22-19)21-13-15-8-5-9-16(20)12-15/h2-9,12-13H,10-11H2,1H3,(H,22,25)/b21-13-/t19-/m0/s1. The number of hydrazone groups is 1. The van der Waals surface area contributed by atoms with Gasteiger partial charge >= 0.3 is 6.03 Å². The quantitative estimate of drug-likeness (QED) is 0.672. The van der Waals surface area contributed by atoms with Crippen LogP contribution in [0.25, 0.3) is 0 Å². The van der Waals surface area contributed by atoms with Crippen LogP contribution in [0, 0.1) is 5.82 Å². The lowest BCUT2D eigenvalue weighted by molar-refractivity contribution is -0.130. The largest absolute Gasteiger partial charge is 0.346 e. The highest BCUT2D eigenvalue weighted by molar-refractivity contribution is 6.07.